The van der Waals surface area contributed by atoms with E-state index in [0.717, 1.165) is 38.5 Å². The molecule has 1 heterocycles. The van der Waals surface area contributed by atoms with Gasteiger partial charge < -0.3 is 0 Å². The van der Waals surface area contributed by atoms with Gasteiger partial charge >= 0.3 is 444 Å². The van der Waals surface area contributed by atoms with Crippen molar-refractivity contribution in [2.24, 2.45) is 11.8 Å². The van der Waals surface area contributed by atoms with Crippen LogP contribution < -0.4 is 13.6 Å². The molecule has 0 N–H and O–H groups in total. The van der Waals surface area contributed by atoms with Crippen LogP contribution in [-0.2, 0) is 29.2 Å². The Hall–Kier alpha value is -5.08. The molecule has 4 atom stereocenters. The fraction of sp³-hybridized carbons (Fsp3) is 0.235. The molecule has 0 spiro atoms. The Morgan fingerprint density at radius 1 is 0.444 bits per heavy atom. The van der Waals surface area contributed by atoms with Gasteiger partial charge in [-0.2, -0.15) is 0 Å². The molecule has 0 radical (unpaired) electrons. The Morgan fingerprint density at radius 3 is 1.32 bits per heavy atom. The van der Waals surface area contributed by atoms with E-state index >= 15 is 0 Å². The molecular weight excluding hydrogens is 1010 g/mol. The first-order valence-electron chi connectivity index (χ1n) is 26.9. The minimum atomic E-state index is -5.93. The summed E-state index contributed by atoms with van der Waals surface area (Å²) < 4.78 is 0.967. The van der Waals surface area contributed by atoms with Crippen molar-refractivity contribution >= 4 is 52.3 Å². The second-order valence-electron chi connectivity index (χ2n) is 21.1. The zero-order valence-corrected chi connectivity index (χ0v) is 48.3. The minimum absolute atomic E-state index is 0.166. The Labute approximate surface area is 440 Å². The van der Waals surface area contributed by atoms with Gasteiger partial charge in [0.15, 0.2) is 0 Å². The average Bonchev–Trinajstić information content (AvgIpc) is 4.14. The van der Waals surface area contributed by atoms with Crippen LogP contribution in [0.25, 0.3) is 67.8 Å². The summed E-state index contributed by atoms with van der Waals surface area (Å²) in [4.78, 5) is 0. The van der Waals surface area contributed by atoms with Crippen LogP contribution >= 0.6 is 17.0 Å². The van der Waals surface area contributed by atoms with Crippen LogP contribution in [0.1, 0.15) is 108 Å². The van der Waals surface area contributed by atoms with Gasteiger partial charge in [-0.15, -0.1) is 0 Å². The first-order chi connectivity index (χ1) is 35.1. The predicted octanol–water partition coefficient (Wildman–Crippen LogP) is 17.4. The molecule has 361 valence electrons. The molecule has 4 unspecified atom stereocenters. The number of benzene rings is 8. The molecule has 1 aliphatic heterocycles. The number of halogens is 2. The maximum atomic E-state index is 9.77. The predicted molar refractivity (Wildman–Crippen MR) is 314 cm³/mol. The molecule has 72 heavy (non-hydrogen) atoms. The molecule has 8 aromatic rings. The van der Waals surface area contributed by atoms with Crippen LogP contribution in [0, 0.1) is 11.8 Å². The molecule has 0 saturated heterocycles. The fourth-order valence-corrected chi connectivity index (χ4v) is 41.4. The first-order valence-corrected chi connectivity index (χ1v) is 38.7. The van der Waals surface area contributed by atoms with E-state index in [9.17, 15) is 17.0 Å². The van der Waals surface area contributed by atoms with Gasteiger partial charge in [0.25, 0.3) is 0 Å². The number of hydrogen-bond acceptors (Lipinski definition) is 0. The molecule has 0 aromatic heterocycles. The summed E-state index contributed by atoms with van der Waals surface area (Å²) in [5.41, 5.74) is 23.8. The van der Waals surface area contributed by atoms with Crippen molar-refractivity contribution in [3.8, 4) is 55.6 Å². The van der Waals surface area contributed by atoms with Crippen LogP contribution in [0.2, 0.25) is 0 Å². The quantitative estimate of drug-likeness (QED) is 0.0898. The van der Waals surface area contributed by atoms with Gasteiger partial charge in [0.05, 0.1) is 0 Å². The van der Waals surface area contributed by atoms with Gasteiger partial charge in [-0.3, -0.25) is 0 Å². The van der Waals surface area contributed by atoms with E-state index in [1.165, 1.54) is 114 Å². The van der Waals surface area contributed by atoms with E-state index in [0.29, 0.717) is 0 Å². The van der Waals surface area contributed by atoms with Gasteiger partial charge in [-0.05, 0) is 0 Å². The van der Waals surface area contributed by atoms with Crippen molar-refractivity contribution in [1.82, 2.24) is 0 Å². The molecule has 2 aliphatic carbocycles. The van der Waals surface area contributed by atoms with Crippen molar-refractivity contribution in [2.45, 2.75) is 87.3 Å². The van der Waals surface area contributed by atoms with Gasteiger partial charge in [0.2, 0.25) is 0 Å². The first kappa shape index (κ1) is 49.1. The third-order valence-corrected chi connectivity index (χ3v) is 39.6. The number of fused-ring (bicyclic) bond motifs is 5. The van der Waals surface area contributed by atoms with Crippen LogP contribution in [0.4, 0.5) is 0 Å². The average molecular weight is 1070 g/mol. The van der Waals surface area contributed by atoms with Crippen LogP contribution in [0.5, 0.6) is 0 Å². The summed E-state index contributed by atoms with van der Waals surface area (Å²) >= 11 is -5.93. The van der Waals surface area contributed by atoms with E-state index < -0.39 is 25.9 Å². The second-order valence-corrected chi connectivity index (χ2v) is 43.5. The monoisotopic (exact) mass is 1070 g/mol. The molecule has 0 bridgehead atoms. The summed E-state index contributed by atoms with van der Waals surface area (Å²) in [7, 11) is 18.6. The number of hydrogen-bond donors (Lipinski definition) is 0. The summed E-state index contributed by atoms with van der Waals surface area (Å²) in [5, 5.41) is 2.96. The van der Waals surface area contributed by atoms with E-state index in [2.05, 4.69) is 230 Å². The summed E-state index contributed by atoms with van der Waals surface area (Å²) in [6.45, 7) is 14.2. The Kier molecular flexibility index (Phi) is 13.6. The molecule has 8 aromatic carbocycles. The third kappa shape index (κ3) is 8.01. The molecule has 11 rings (SSSR count). The van der Waals surface area contributed by atoms with Crippen LogP contribution in [0.15, 0.2) is 187 Å². The van der Waals surface area contributed by atoms with E-state index in [-0.39, 0.29) is 19.1 Å². The maximum absolute atomic E-state index is 9.77. The van der Waals surface area contributed by atoms with Crippen LogP contribution in [0.3, 0.4) is 0 Å². The van der Waals surface area contributed by atoms with Crippen LogP contribution in [-0.4, -0.2) is 9.52 Å². The Balaban J connectivity index is 1.26. The zero-order chi connectivity index (χ0) is 49.8. The topological polar surface area (TPSA) is 0 Å². The molecule has 3 aliphatic rings. The van der Waals surface area contributed by atoms with Crippen molar-refractivity contribution in [1.29, 1.82) is 0 Å². The normalized spacial score (nSPS) is 17.3. The molecular formula is C68H67Cl2SiZr. The summed E-state index contributed by atoms with van der Waals surface area (Å²) in [6, 6.07) is 66.3. The summed E-state index contributed by atoms with van der Waals surface area (Å²) in [6.07, 6.45) is 11.3. The molecule has 0 saturated carbocycles. The molecule has 4 heteroatoms. The fourth-order valence-electron chi connectivity index (χ4n) is 13.4. The number of rotatable bonds is 15. The van der Waals surface area contributed by atoms with Crippen molar-refractivity contribution < 1.29 is 16.4 Å². The second kappa shape index (κ2) is 20.0. The van der Waals surface area contributed by atoms with Crippen molar-refractivity contribution in [2.75, 3.05) is 0 Å². The SMILES string of the molecule is CCCc1ccc2c(c1-c1ccccc1-c1ccccc1)C=C(C(C)CC)[CH]2[Zr]([Cl])([Cl])([c]1cccc2c1[SiH2]c1ccccc1-2)[CH]1C(C(C)CC)=Cc2c1ccc(CCC)c2-c1ccccc1-c1ccccc1. The van der Waals surface area contributed by atoms with Gasteiger partial charge in [-0.1, -0.05) is 0 Å². The van der Waals surface area contributed by atoms with Crippen molar-refractivity contribution in [3.05, 3.63) is 220 Å². The van der Waals surface area contributed by atoms with E-state index in [4.69, 9.17) is 0 Å². The van der Waals surface area contributed by atoms with Gasteiger partial charge in [0.1, 0.15) is 0 Å². The number of allylic oxidation sites excluding steroid dienone is 2. The van der Waals surface area contributed by atoms with E-state index in [1.807, 2.05) is 0 Å². The zero-order valence-electron chi connectivity index (χ0n) is 42.9. The van der Waals surface area contributed by atoms with E-state index in [1.54, 1.807) is 0 Å². The molecule has 0 fully saturated rings. The Bertz CT molecular complexity index is 3240. The van der Waals surface area contributed by atoms with Crippen molar-refractivity contribution in [3.63, 3.8) is 0 Å². The number of aryl methyl sites for hydroxylation is 2. The third-order valence-electron chi connectivity index (χ3n) is 17.0. The summed E-state index contributed by atoms with van der Waals surface area (Å²) in [5.74, 6) is 0.505. The molecule has 0 nitrogen and oxygen atoms in total. The van der Waals surface area contributed by atoms with Gasteiger partial charge in [-0.25, -0.2) is 0 Å². The standard InChI is InChI=1S/2C28H29.C12H9Si.2ClH.Zr/c2*1-4-11-22-16-17-23-18-24(20(3)5-2)19-27(23)28(22)26-15-10-9-14-25(26)21-12-7-6-8-13-21;1-3-7-11-9(5-1)10-6-2-4-8-12(10)13-11;;;/h2*6-10,12-20H,4-5,11H2,1-3H3;1-7H,13H2;2*1H;/q;;;;;+2/p-2. The molecule has 0 amide bonds. The Morgan fingerprint density at radius 2 is 0.861 bits per heavy atom. The van der Waals surface area contributed by atoms with Gasteiger partial charge in [0, 0.05) is 0 Å².